The highest BCUT2D eigenvalue weighted by Gasteiger charge is 2.45. The van der Waals surface area contributed by atoms with Crippen molar-refractivity contribution in [2.24, 2.45) is 5.92 Å². The highest BCUT2D eigenvalue weighted by Crippen LogP contribution is 2.41. The lowest BCUT2D eigenvalue weighted by molar-refractivity contribution is -0.277. The molecule has 7 atom stereocenters. The Labute approximate surface area is 243 Å². The minimum absolute atomic E-state index is 0.00554. The molecule has 2 rings (SSSR count). The maximum absolute atomic E-state index is 10.5. The van der Waals surface area contributed by atoms with Gasteiger partial charge in [0.15, 0.2) is 5.75 Å². The van der Waals surface area contributed by atoms with Crippen LogP contribution in [0.2, 0.25) is 0 Å². The fraction of sp³-hybridized carbons (Fsp3) is 0.581. The molecule has 1 aliphatic heterocycles. The summed E-state index contributed by atoms with van der Waals surface area (Å²) >= 11 is 0. The molecule has 10 nitrogen and oxygen atoms in total. The van der Waals surface area contributed by atoms with E-state index < -0.39 is 43.4 Å². The Morgan fingerprint density at radius 3 is 2.32 bits per heavy atom. The summed E-state index contributed by atoms with van der Waals surface area (Å²) in [6, 6.07) is 0. The van der Waals surface area contributed by atoms with Crippen LogP contribution >= 0.6 is 0 Å². The quantitative estimate of drug-likeness (QED) is 0.175. The van der Waals surface area contributed by atoms with Gasteiger partial charge in [0.1, 0.15) is 24.4 Å². The zero-order valence-corrected chi connectivity index (χ0v) is 25.4. The summed E-state index contributed by atoms with van der Waals surface area (Å²) < 4.78 is 22.4. The highest BCUT2D eigenvalue weighted by atomic mass is 16.7. The van der Waals surface area contributed by atoms with E-state index in [2.05, 4.69) is 17.1 Å². The lowest BCUT2D eigenvalue weighted by Crippen LogP contribution is -2.60. The maximum Gasteiger partial charge on any atom is 0.261 e. The highest BCUT2D eigenvalue weighted by molar-refractivity contribution is 5.54. The van der Waals surface area contributed by atoms with Crippen molar-refractivity contribution in [3.05, 3.63) is 58.4 Å². The van der Waals surface area contributed by atoms with Crippen molar-refractivity contribution in [3.8, 4) is 17.4 Å². The average molecular weight is 578 g/mol. The number of aliphatic hydroxyl groups is 5. The number of rotatable bonds is 13. The molecule has 1 saturated heterocycles. The number of nitrogens with zero attached hydrogens (tertiary/aromatic N) is 1. The summed E-state index contributed by atoms with van der Waals surface area (Å²) in [5.74, 6) is 0.560. The van der Waals surface area contributed by atoms with Crippen LogP contribution in [0.5, 0.6) is 17.4 Å². The van der Waals surface area contributed by atoms with Gasteiger partial charge in [0.2, 0.25) is 12.0 Å². The number of allylic oxidation sites excluding steroid dienone is 6. The molecule has 0 aromatic carbocycles. The van der Waals surface area contributed by atoms with Crippen molar-refractivity contribution in [1.29, 1.82) is 0 Å². The molecule has 1 aromatic heterocycles. The molecule has 10 heteroatoms. The van der Waals surface area contributed by atoms with Crippen molar-refractivity contribution in [2.75, 3.05) is 20.8 Å². The number of hydrogen-bond donors (Lipinski definition) is 5. The fourth-order valence-corrected chi connectivity index (χ4v) is 4.53. The third kappa shape index (κ3) is 8.88. The number of ether oxygens (including phenoxy) is 4. The molecule has 0 amide bonds. The summed E-state index contributed by atoms with van der Waals surface area (Å²) in [5.41, 5.74) is 4.38. The average Bonchev–Trinajstić information content (AvgIpc) is 2.96. The summed E-state index contributed by atoms with van der Waals surface area (Å²) in [5, 5.41) is 50.6. The molecule has 2 heterocycles. The number of pyridine rings is 1. The number of aliphatic hydroxyl groups excluding tert-OH is 5. The van der Waals surface area contributed by atoms with Gasteiger partial charge in [0.05, 0.1) is 32.6 Å². The Morgan fingerprint density at radius 1 is 1.05 bits per heavy atom. The number of hydrogen-bond acceptors (Lipinski definition) is 10. The van der Waals surface area contributed by atoms with Crippen LogP contribution in [-0.4, -0.2) is 88.2 Å². The van der Waals surface area contributed by atoms with Gasteiger partial charge in [-0.1, -0.05) is 48.5 Å². The number of methoxy groups -OCH3 is 2. The largest absolute Gasteiger partial charge is 0.489 e. The van der Waals surface area contributed by atoms with Crippen LogP contribution in [0.3, 0.4) is 0 Å². The van der Waals surface area contributed by atoms with Crippen LogP contribution in [0, 0.1) is 12.8 Å². The smallest absolute Gasteiger partial charge is 0.261 e. The van der Waals surface area contributed by atoms with Gasteiger partial charge >= 0.3 is 0 Å². The third-order valence-electron chi connectivity index (χ3n) is 7.30. The Hall–Kier alpha value is -2.73. The molecule has 0 aliphatic carbocycles. The predicted molar refractivity (Wildman–Crippen MR) is 156 cm³/mol. The molecule has 230 valence electrons. The van der Waals surface area contributed by atoms with Gasteiger partial charge in [-0.2, -0.15) is 0 Å². The van der Waals surface area contributed by atoms with Gasteiger partial charge in [0, 0.05) is 17.9 Å². The monoisotopic (exact) mass is 577 g/mol. The van der Waals surface area contributed by atoms with E-state index in [0.717, 1.165) is 23.1 Å². The lowest BCUT2D eigenvalue weighted by Gasteiger charge is -2.39. The van der Waals surface area contributed by atoms with Crippen molar-refractivity contribution in [1.82, 2.24) is 4.98 Å². The zero-order valence-electron chi connectivity index (χ0n) is 25.4. The van der Waals surface area contributed by atoms with Crippen LogP contribution in [0.15, 0.2) is 47.1 Å². The summed E-state index contributed by atoms with van der Waals surface area (Å²) in [4.78, 5) is 4.58. The molecule has 1 fully saturated rings. The second-order valence-electron chi connectivity index (χ2n) is 10.5. The Balaban J connectivity index is 2.22. The van der Waals surface area contributed by atoms with Gasteiger partial charge in [-0.3, -0.25) is 0 Å². The van der Waals surface area contributed by atoms with E-state index in [4.69, 9.17) is 18.9 Å². The Morgan fingerprint density at radius 2 is 1.73 bits per heavy atom. The predicted octanol–water partition coefficient (Wildman–Crippen LogP) is 2.93. The molecule has 7 unspecified atom stereocenters. The van der Waals surface area contributed by atoms with Gasteiger partial charge in [-0.25, -0.2) is 4.98 Å². The van der Waals surface area contributed by atoms with Crippen molar-refractivity contribution >= 4 is 0 Å². The summed E-state index contributed by atoms with van der Waals surface area (Å²) in [7, 11) is 2.87. The molecule has 5 N–H and O–H groups in total. The molecule has 1 aliphatic rings. The van der Waals surface area contributed by atoms with Crippen LogP contribution < -0.4 is 14.2 Å². The van der Waals surface area contributed by atoms with Crippen LogP contribution in [-0.2, 0) is 11.2 Å². The minimum Gasteiger partial charge on any atom is -0.489 e. The van der Waals surface area contributed by atoms with E-state index in [-0.39, 0.29) is 23.3 Å². The summed E-state index contributed by atoms with van der Waals surface area (Å²) in [6.45, 7) is 11.1. The first-order valence-electron chi connectivity index (χ1n) is 13.8. The molecule has 1 aromatic rings. The molecular weight excluding hydrogens is 530 g/mol. The molecule has 0 bridgehead atoms. The van der Waals surface area contributed by atoms with E-state index in [9.17, 15) is 25.5 Å². The van der Waals surface area contributed by atoms with Gasteiger partial charge < -0.3 is 44.5 Å². The normalized spacial score (nSPS) is 25.8. The fourth-order valence-electron chi connectivity index (χ4n) is 4.53. The van der Waals surface area contributed by atoms with E-state index in [1.54, 1.807) is 6.92 Å². The van der Waals surface area contributed by atoms with Crippen LogP contribution in [0.4, 0.5) is 0 Å². The Bertz CT molecular complexity index is 1130. The standard InChI is InChI=1S/C31H47NO9/c1-9-19(4)24(34)20(5)15-18(3)12-10-11-17(2)13-14-22-21(6)28(29(38-7)30(32-22)39-8)41-31-27(37)26(36)25(35)23(16-33)40-31/h9-10,12-13,15,20,23-27,31,33-37H,11,14,16H2,1-8H3. The second-order valence-corrected chi connectivity index (χ2v) is 10.5. The minimum atomic E-state index is -1.58. The van der Waals surface area contributed by atoms with E-state index in [1.165, 1.54) is 14.2 Å². The van der Waals surface area contributed by atoms with Gasteiger partial charge in [0.25, 0.3) is 5.88 Å². The lowest BCUT2D eigenvalue weighted by atomic mass is 9.96. The summed E-state index contributed by atoms with van der Waals surface area (Å²) in [6.07, 6.45) is 3.65. The van der Waals surface area contributed by atoms with Crippen molar-refractivity contribution in [2.45, 2.75) is 91.2 Å². The van der Waals surface area contributed by atoms with Crippen LogP contribution in [0.25, 0.3) is 0 Å². The second kappa shape index (κ2) is 16.1. The van der Waals surface area contributed by atoms with E-state index >= 15 is 0 Å². The first kappa shape index (κ1) is 34.5. The van der Waals surface area contributed by atoms with Crippen molar-refractivity contribution < 1.29 is 44.5 Å². The van der Waals surface area contributed by atoms with Gasteiger partial charge in [-0.05, 0) is 46.6 Å². The maximum atomic E-state index is 10.5. The first-order valence-corrected chi connectivity index (χ1v) is 13.8. The van der Waals surface area contributed by atoms with E-state index in [0.29, 0.717) is 17.7 Å². The van der Waals surface area contributed by atoms with Crippen molar-refractivity contribution in [3.63, 3.8) is 0 Å². The Kier molecular flexibility index (Phi) is 13.5. The van der Waals surface area contributed by atoms with Crippen LogP contribution in [0.1, 0.15) is 52.3 Å². The topological polar surface area (TPSA) is 151 Å². The van der Waals surface area contributed by atoms with Gasteiger partial charge in [-0.15, -0.1) is 0 Å². The zero-order chi connectivity index (χ0) is 30.9. The van der Waals surface area contributed by atoms with E-state index in [1.807, 2.05) is 52.8 Å². The molecule has 41 heavy (non-hydrogen) atoms. The first-order chi connectivity index (χ1) is 19.4. The SMILES string of the molecule is CC=C(C)C(O)C(C)C=C(C)C=CCC(C)=CCc1nc(OC)c(OC)c(OC2OC(CO)C(O)C(O)C2O)c1C. The third-order valence-corrected chi connectivity index (χ3v) is 7.30. The molecule has 0 spiro atoms. The molecular formula is C31H47NO9. The number of aromatic nitrogens is 1. The molecule has 0 radical (unpaired) electrons. The molecule has 0 saturated carbocycles.